The van der Waals surface area contributed by atoms with E-state index in [1.807, 2.05) is 53.8 Å². The van der Waals surface area contributed by atoms with Gasteiger partial charge in [-0.3, -0.25) is 0 Å². The van der Waals surface area contributed by atoms with Gasteiger partial charge in [0.15, 0.2) is 5.82 Å². The van der Waals surface area contributed by atoms with E-state index in [2.05, 4.69) is 66.7 Å². The number of rotatable bonds is 4. The van der Waals surface area contributed by atoms with Crippen LogP contribution in [0.5, 0.6) is 0 Å². The lowest BCUT2D eigenvalue weighted by Crippen LogP contribution is -1.96. The predicted molar refractivity (Wildman–Crippen MR) is 190 cm³/mol. The number of nitrogens with zero attached hydrogens (tertiary/aromatic N) is 2. The van der Waals surface area contributed by atoms with Crippen molar-refractivity contribution in [2.45, 2.75) is 0 Å². The van der Waals surface area contributed by atoms with Crippen LogP contribution in [0, 0.1) is 0 Å². The predicted octanol–water partition coefficient (Wildman–Crippen LogP) is 11.9. The molecule has 4 heteroatoms. The van der Waals surface area contributed by atoms with Gasteiger partial charge in [-0.15, -0.1) is 22.7 Å². The van der Waals surface area contributed by atoms with Crippen LogP contribution >= 0.6 is 22.7 Å². The van der Waals surface area contributed by atoms with Crippen LogP contribution in [0.1, 0.15) is 6.85 Å². The second-order valence-corrected chi connectivity index (χ2v) is 12.7. The topological polar surface area (TPSA) is 25.8 Å². The third-order valence-electron chi connectivity index (χ3n) is 8.01. The molecular weight excluding hydrogens is 573 g/mol. The van der Waals surface area contributed by atoms with E-state index in [4.69, 9.17) is 16.8 Å². The van der Waals surface area contributed by atoms with E-state index >= 15 is 0 Å². The first kappa shape index (κ1) is 20.7. The van der Waals surface area contributed by atoms with Crippen LogP contribution in [0.25, 0.3) is 85.4 Å². The van der Waals surface area contributed by atoms with Crippen molar-refractivity contribution in [3.8, 4) is 45.0 Å². The van der Waals surface area contributed by atoms with E-state index in [9.17, 15) is 0 Å². The van der Waals surface area contributed by atoms with Gasteiger partial charge in [0.2, 0.25) is 0 Å². The van der Waals surface area contributed by atoms with Crippen LogP contribution in [-0.4, -0.2) is 9.97 Å². The molecular formula is C40H24N2S2. The summed E-state index contributed by atoms with van der Waals surface area (Å²) in [7, 11) is 0. The van der Waals surface area contributed by atoms with E-state index in [1.54, 1.807) is 17.4 Å². The fourth-order valence-electron chi connectivity index (χ4n) is 6.04. The Bertz CT molecular complexity index is 2760. The molecule has 0 atom stereocenters. The molecule has 0 saturated carbocycles. The molecule has 0 saturated heterocycles. The van der Waals surface area contributed by atoms with Crippen LogP contribution in [-0.2, 0) is 0 Å². The summed E-state index contributed by atoms with van der Waals surface area (Å²) in [6.45, 7) is 0. The first-order valence-electron chi connectivity index (χ1n) is 16.8. The highest BCUT2D eigenvalue weighted by atomic mass is 32.1. The summed E-state index contributed by atoms with van der Waals surface area (Å²) < 4.78 is 47.0. The summed E-state index contributed by atoms with van der Waals surface area (Å²) in [5.74, 6) is 0.422. The summed E-state index contributed by atoms with van der Waals surface area (Å²) >= 11 is 3.56. The molecule has 0 bridgehead atoms. The number of thiophene rings is 2. The average molecular weight is 602 g/mol. The summed E-state index contributed by atoms with van der Waals surface area (Å²) in [5, 5.41) is 4.62. The van der Waals surface area contributed by atoms with E-state index in [0.29, 0.717) is 11.5 Å². The number of hydrogen-bond donors (Lipinski definition) is 0. The standard InChI is InChI=1S/C40H24N2S2/c1-3-12-25(13-4-1)33-24-34(26-14-5-2-6-15-26)42-40(41-33)32-21-11-23-36-37(32)31-20-10-19-30(39(31)44-36)29-18-9-17-28-27-16-7-8-22-35(27)43-38(28)29/h1-24H/i1D,3D,4D,12D,13D. The third kappa shape index (κ3) is 4.07. The Morgan fingerprint density at radius 1 is 0.477 bits per heavy atom. The number of benzene rings is 6. The van der Waals surface area contributed by atoms with Crippen molar-refractivity contribution < 1.29 is 6.85 Å². The highest BCUT2D eigenvalue weighted by Crippen LogP contribution is 2.47. The maximum absolute atomic E-state index is 8.71. The molecule has 3 aromatic heterocycles. The largest absolute Gasteiger partial charge is 0.228 e. The fourth-order valence-corrected chi connectivity index (χ4v) is 8.52. The number of hydrogen-bond acceptors (Lipinski definition) is 4. The summed E-state index contributed by atoms with van der Waals surface area (Å²) in [5.41, 5.74) is 4.93. The lowest BCUT2D eigenvalue weighted by molar-refractivity contribution is 1.19. The molecule has 206 valence electrons. The van der Waals surface area contributed by atoms with E-state index in [0.717, 1.165) is 26.6 Å². The fraction of sp³-hybridized carbons (Fsp3) is 0. The van der Waals surface area contributed by atoms with Crippen LogP contribution in [0.15, 0.2) is 145 Å². The molecule has 0 spiro atoms. The van der Waals surface area contributed by atoms with Gasteiger partial charge in [0.25, 0.3) is 0 Å². The van der Waals surface area contributed by atoms with Gasteiger partial charge < -0.3 is 0 Å². The van der Waals surface area contributed by atoms with Crippen molar-refractivity contribution in [2.24, 2.45) is 0 Å². The second-order valence-electron chi connectivity index (χ2n) is 10.6. The van der Waals surface area contributed by atoms with Crippen molar-refractivity contribution >= 4 is 63.0 Å². The van der Waals surface area contributed by atoms with Crippen LogP contribution in [0.4, 0.5) is 0 Å². The molecule has 0 unspecified atom stereocenters. The first-order chi connectivity index (χ1) is 23.9. The van der Waals surface area contributed by atoms with E-state index in [-0.39, 0.29) is 23.3 Å². The van der Waals surface area contributed by atoms with Crippen LogP contribution < -0.4 is 0 Å². The summed E-state index contributed by atoms with van der Waals surface area (Å²) in [4.78, 5) is 9.99. The monoisotopic (exact) mass is 601 g/mol. The minimum Gasteiger partial charge on any atom is -0.228 e. The Hall–Kier alpha value is -5.16. The molecule has 0 N–H and O–H groups in total. The lowest BCUT2D eigenvalue weighted by atomic mass is 9.99. The molecule has 9 rings (SSSR count). The van der Waals surface area contributed by atoms with Crippen LogP contribution in [0.2, 0.25) is 0 Å². The van der Waals surface area contributed by atoms with Crippen molar-refractivity contribution in [1.82, 2.24) is 9.97 Å². The number of fused-ring (bicyclic) bond motifs is 6. The highest BCUT2D eigenvalue weighted by Gasteiger charge is 2.19. The number of aromatic nitrogens is 2. The minimum absolute atomic E-state index is 0.0490. The summed E-state index contributed by atoms with van der Waals surface area (Å²) in [6, 6.07) is 37.2. The van der Waals surface area contributed by atoms with Gasteiger partial charge in [-0.2, -0.15) is 0 Å². The Balaban J connectivity index is 1.31. The SMILES string of the molecule is [2H]c1c([2H])c([2H])c(-c2cc(-c3ccccc3)nc(-c3cccc4sc5c(-c6cccc7c6sc6ccccc67)cccc5c34)n2)c([2H])c1[2H]. The van der Waals surface area contributed by atoms with Gasteiger partial charge in [-0.1, -0.05) is 127 Å². The van der Waals surface area contributed by atoms with Gasteiger partial charge in [0, 0.05) is 68.2 Å². The molecule has 0 aliphatic carbocycles. The molecule has 0 radical (unpaired) electrons. The maximum atomic E-state index is 8.71. The third-order valence-corrected chi connectivity index (χ3v) is 10.4. The zero-order valence-electron chi connectivity index (χ0n) is 28.2. The molecule has 0 aliphatic heterocycles. The summed E-state index contributed by atoms with van der Waals surface area (Å²) in [6.07, 6.45) is 0. The Morgan fingerprint density at radius 2 is 1.07 bits per heavy atom. The van der Waals surface area contributed by atoms with Crippen molar-refractivity contribution in [2.75, 3.05) is 0 Å². The minimum atomic E-state index is -0.437. The van der Waals surface area contributed by atoms with Crippen molar-refractivity contribution in [3.05, 3.63) is 145 Å². The smallest absolute Gasteiger partial charge is 0.161 e. The molecule has 0 aliphatic rings. The molecule has 44 heavy (non-hydrogen) atoms. The van der Waals surface area contributed by atoms with Gasteiger partial charge in [-0.05, 0) is 18.2 Å². The van der Waals surface area contributed by atoms with E-state index < -0.39 is 18.1 Å². The molecule has 2 nitrogen and oxygen atoms in total. The van der Waals surface area contributed by atoms with Gasteiger partial charge >= 0.3 is 0 Å². The van der Waals surface area contributed by atoms with Crippen molar-refractivity contribution in [1.29, 1.82) is 0 Å². The molecule has 9 aromatic rings. The molecule has 0 amide bonds. The Kier molecular flexibility index (Phi) is 4.81. The van der Waals surface area contributed by atoms with Gasteiger partial charge in [0.1, 0.15) is 0 Å². The quantitative estimate of drug-likeness (QED) is 0.200. The van der Waals surface area contributed by atoms with Gasteiger partial charge in [0.05, 0.1) is 18.2 Å². The van der Waals surface area contributed by atoms with Crippen molar-refractivity contribution in [3.63, 3.8) is 0 Å². The first-order valence-corrected chi connectivity index (χ1v) is 15.9. The Labute approximate surface area is 269 Å². The van der Waals surface area contributed by atoms with Gasteiger partial charge in [-0.25, -0.2) is 9.97 Å². The maximum Gasteiger partial charge on any atom is 0.161 e. The Morgan fingerprint density at radius 3 is 1.89 bits per heavy atom. The zero-order valence-corrected chi connectivity index (χ0v) is 24.8. The normalized spacial score (nSPS) is 13.2. The lowest BCUT2D eigenvalue weighted by Gasteiger charge is -2.10. The molecule has 3 heterocycles. The average Bonchev–Trinajstić information content (AvgIpc) is 3.72. The molecule has 0 fully saturated rings. The zero-order chi connectivity index (χ0) is 33.4. The molecule has 6 aromatic carbocycles. The van der Waals surface area contributed by atoms with Crippen LogP contribution in [0.3, 0.4) is 0 Å². The second kappa shape index (κ2) is 10.2. The van der Waals surface area contributed by atoms with E-state index in [1.165, 1.54) is 36.0 Å². The highest BCUT2D eigenvalue weighted by molar-refractivity contribution is 7.27.